The number of carboxylic acids is 2. The summed E-state index contributed by atoms with van der Waals surface area (Å²) < 4.78 is 23.3. The Kier molecular flexibility index (Phi) is 20.1. The van der Waals surface area contributed by atoms with Crippen LogP contribution in [0, 0.1) is 16.7 Å². The molecule has 2 amide bonds. The van der Waals surface area contributed by atoms with Crippen LogP contribution in [0.5, 0.6) is 11.5 Å². The number of carboxylic acid groups (broad SMARTS) is 2. The van der Waals surface area contributed by atoms with Crippen LogP contribution in [0.25, 0.3) is 31.5 Å². The number of thiazole rings is 4. The van der Waals surface area contributed by atoms with Crippen LogP contribution in [0.3, 0.4) is 0 Å². The first kappa shape index (κ1) is 68.9. The second-order valence-electron chi connectivity index (χ2n) is 27.3. The summed E-state index contributed by atoms with van der Waals surface area (Å²) in [7, 11) is 0. The number of pyridine rings is 1. The summed E-state index contributed by atoms with van der Waals surface area (Å²) in [4.78, 5) is 79.9. The minimum atomic E-state index is -1.04. The Balaban J connectivity index is 0.000000170. The highest BCUT2D eigenvalue weighted by Crippen LogP contribution is 2.66. The molecular weight excluding hydrogens is 1350 g/mol. The maximum Gasteiger partial charge on any atom is 0.355 e. The van der Waals surface area contributed by atoms with E-state index in [-0.39, 0.29) is 53.7 Å². The molecule has 1 unspecified atom stereocenters. The van der Waals surface area contributed by atoms with Crippen LogP contribution in [0.4, 0.5) is 20.5 Å². The first-order valence-electron chi connectivity index (χ1n) is 34.4. The molecule has 522 valence electrons. The van der Waals surface area contributed by atoms with Crippen LogP contribution >= 0.6 is 45.3 Å². The smallest absolute Gasteiger partial charge is 0.355 e. The number of amides is 2. The van der Waals surface area contributed by atoms with Crippen LogP contribution in [0.2, 0.25) is 0 Å². The number of nitrogens with one attached hydrogen (secondary N) is 2. The number of aryl methyl sites for hydroxylation is 2. The topological polar surface area (TPSA) is 249 Å². The van der Waals surface area contributed by atoms with Crippen molar-refractivity contribution >= 4 is 121 Å². The van der Waals surface area contributed by atoms with Crippen molar-refractivity contribution in [1.29, 1.82) is 0 Å². The minimum Gasteiger partial charge on any atom is -0.490 e. The normalized spacial score (nSPS) is 19.6. The van der Waals surface area contributed by atoms with Gasteiger partial charge in [0.05, 0.1) is 45.4 Å². The van der Waals surface area contributed by atoms with E-state index in [1.807, 2.05) is 122 Å². The van der Waals surface area contributed by atoms with E-state index < -0.39 is 11.9 Å². The van der Waals surface area contributed by atoms with E-state index in [2.05, 4.69) is 88.0 Å². The van der Waals surface area contributed by atoms with E-state index in [0.717, 1.165) is 120 Å². The number of aromatic carboxylic acids is 2. The lowest BCUT2D eigenvalue weighted by atomic mass is 9.70. The highest BCUT2D eigenvalue weighted by Gasteiger charge is 2.62. The third-order valence-corrected chi connectivity index (χ3v) is 25.5. The maximum atomic E-state index is 13.5. The van der Waals surface area contributed by atoms with Gasteiger partial charge in [-0.1, -0.05) is 112 Å². The number of carbonyl (C=O) groups is 4. The minimum absolute atomic E-state index is 0. The summed E-state index contributed by atoms with van der Waals surface area (Å²) in [5, 5.41) is 34.1. The number of hydrogen-bond donors (Lipinski definition) is 4. The molecule has 6 aromatic heterocycles. The van der Waals surface area contributed by atoms with Gasteiger partial charge in [0.15, 0.2) is 49.1 Å². The molecule has 3 fully saturated rings. The maximum absolute atomic E-state index is 13.5. The lowest BCUT2D eigenvalue weighted by Gasteiger charge is -2.39. The Hall–Kier alpha value is -9.20. The molecule has 0 saturated heterocycles. The van der Waals surface area contributed by atoms with Crippen molar-refractivity contribution in [2.75, 3.05) is 46.7 Å². The number of aromatic nitrogens is 7. The van der Waals surface area contributed by atoms with E-state index in [1.54, 1.807) is 0 Å². The molecule has 11 aromatic rings. The van der Waals surface area contributed by atoms with E-state index >= 15 is 0 Å². The second kappa shape index (κ2) is 29.4. The zero-order valence-electron chi connectivity index (χ0n) is 55.9. The van der Waals surface area contributed by atoms with Crippen molar-refractivity contribution in [3.05, 3.63) is 188 Å². The second-order valence-corrected chi connectivity index (χ2v) is 31.5. The van der Waals surface area contributed by atoms with Gasteiger partial charge in [-0.05, 0) is 178 Å². The van der Waals surface area contributed by atoms with Gasteiger partial charge < -0.3 is 34.2 Å². The first-order valence-corrected chi connectivity index (χ1v) is 37.7. The summed E-state index contributed by atoms with van der Waals surface area (Å²) in [5.74, 6) is -0.293. The lowest BCUT2D eigenvalue weighted by Crippen LogP contribution is -2.38. The van der Waals surface area contributed by atoms with Gasteiger partial charge in [0.2, 0.25) is 0 Å². The Morgan fingerprint density at radius 2 is 1.17 bits per heavy atom. The van der Waals surface area contributed by atoms with Gasteiger partial charge in [-0.2, -0.15) is 5.10 Å². The number of para-hydroxylation sites is 4. The SMILES string of the molecule is C.CC1(C)[C@H]2CC[C@]1(C)C(Oc1ccccc1OCCCc1sc(N3CCc4cccc(C(=O)Nc5nc6ccccc6s5)c4C3)nc1C(=O)O)C2.O=C(Nc1nc2ccccc2s1)c1cccc2c1CN(c1nc(C(=O)O)c(CCCOC3CCC(n4ncc5cccnc54)CC3)s1)CC2. The molecule has 4 N–H and O–H groups in total. The third-order valence-electron chi connectivity index (χ3n) is 21.3. The van der Waals surface area contributed by atoms with E-state index in [4.69, 9.17) is 14.2 Å². The quantitative estimate of drug-likeness (QED) is 0.0488. The molecule has 5 aliphatic rings. The molecule has 16 rings (SSSR count). The number of fused-ring (bicyclic) bond motifs is 7. The van der Waals surface area contributed by atoms with Crippen molar-refractivity contribution in [1.82, 2.24) is 34.7 Å². The first-order chi connectivity index (χ1) is 48.6. The zero-order chi connectivity index (χ0) is 68.7. The number of anilines is 4. The van der Waals surface area contributed by atoms with Crippen LogP contribution in [0.15, 0.2) is 134 Å². The van der Waals surface area contributed by atoms with Crippen LogP contribution in [-0.2, 0) is 43.5 Å². The predicted molar refractivity (Wildman–Crippen MR) is 399 cm³/mol. The Bertz CT molecular complexity index is 4810. The van der Waals surface area contributed by atoms with Gasteiger partial charge in [-0.3, -0.25) is 20.2 Å². The van der Waals surface area contributed by atoms with Crippen molar-refractivity contribution in [2.24, 2.45) is 16.7 Å². The van der Waals surface area contributed by atoms with Crippen LogP contribution in [0.1, 0.15) is 166 Å². The summed E-state index contributed by atoms with van der Waals surface area (Å²) in [6.07, 6.45) is 15.4. The number of carbonyl (C=O) groups excluding carboxylic acids is 2. The number of hydrogen-bond acceptors (Lipinski definition) is 19. The Morgan fingerprint density at radius 3 is 1.71 bits per heavy atom. The summed E-state index contributed by atoms with van der Waals surface area (Å²) in [5.41, 5.74) is 8.49. The van der Waals surface area contributed by atoms with E-state index in [0.29, 0.717) is 109 Å². The molecule has 0 radical (unpaired) electrons. The molecule has 3 atom stereocenters. The van der Waals surface area contributed by atoms with Crippen molar-refractivity contribution < 1.29 is 43.6 Å². The van der Waals surface area contributed by atoms with Crippen molar-refractivity contribution in [3.8, 4) is 11.5 Å². The fourth-order valence-electron chi connectivity index (χ4n) is 15.3. The zero-order valence-corrected chi connectivity index (χ0v) is 59.1. The monoisotopic (exact) mass is 1430 g/mol. The molecule has 8 heterocycles. The molecular formula is C77H81N11O9S4. The third kappa shape index (κ3) is 14.2. The largest absolute Gasteiger partial charge is 0.490 e. The van der Waals surface area contributed by atoms with E-state index in [1.165, 1.54) is 58.2 Å². The molecule has 2 aliphatic heterocycles. The molecule has 24 heteroatoms. The molecule has 3 saturated carbocycles. The average Bonchev–Trinajstić information content (AvgIpc) is 1.56. The van der Waals surface area contributed by atoms with E-state index in [9.17, 15) is 29.4 Å². The molecule has 0 spiro atoms. The molecule has 5 aromatic carbocycles. The fourth-order valence-corrected chi connectivity index (χ4v) is 19.3. The van der Waals surface area contributed by atoms with Gasteiger partial charge in [0, 0.05) is 70.7 Å². The standard InChI is InChI=1S/C40H42N4O5S2.C36H35N7O4S2.CH4/c1-39(2)25-17-19-40(39,3)33(22-25)49-30-14-6-5-13-29(30)48-21-9-16-32-34(36(46)47)42-38(51-32)44-20-18-24-10-8-11-26(27(24)23-44)35(45)43-37-41-28-12-4-7-15-31(28)50-37;44-33(41-35-39-28-9-1-2-10-29(28)48-35)26-8-3-6-22-16-18-42(21-27(22)26)36-40-31(34(45)46)30(49-36)11-5-19-47-25-14-12-24(13-15-25)43-32-23(20-38-43)7-4-17-37-32;/h4-8,10-15,25,33H,9,16-23H2,1-3H3,(H,46,47)(H,41,43,45);1-4,6-10,17,20,24-25H,5,11-16,18-19,21H2,(H,45,46)(H,39,41,44);1H4/t25-,33?,40+;;/m0../s1. The average molecular weight is 1430 g/mol. The Labute approximate surface area is 601 Å². The van der Waals surface area contributed by atoms with Crippen LogP contribution < -0.4 is 29.9 Å². The van der Waals surface area contributed by atoms with Crippen LogP contribution in [-0.4, -0.2) is 107 Å². The van der Waals surface area contributed by atoms with Crippen molar-refractivity contribution in [3.63, 3.8) is 0 Å². The summed E-state index contributed by atoms with van der Waals surface area (Å²) >= 11 is 5.73. The summed E-state index contributed by atoms with van der Waals surface area (Å²) in [6, 6.07) is 39.4. The van der Waals surface area contributed by atoms with Gasteiger partial charge in [-0.15, -0.1) is 22.7 Å². The van der Waals surface area contributed by atoms with Gasteiger partial charge >= 0.3 is 11.9 Å². The molecule has 2 bridgehead atoms. The van der Waals surface area contributed by atoms with Gasteiger partial charge in [0.1, 0.15) is 6.10 Å². The number of benzene rings is 5. The highest BCUT2D eigenvalue weighted by atomic mass is 32.1. The number of nitrogens with zero attached hydrogens (tertiary/aromatic N) is 9. The molecule has 20 nitrogen and oxygen atoms in total. The predicted octanol–water partition coefficient (Wildman–Crippen LogP) is 16.7. The fraction of sp³-hybridized carbons (Fsp3) is 0.377. The number of ether oxygens (including phenoxy) is 3. The molecule has 101 heavy (non-hydrogen) atoms. The van der Waals surface area contributed by atoms with Gasteiger partial charge in [0.25, 0.3) is 11.8 Å². The van der Waals surface area contributed by atoms with Gasteiger partial charge in [-0.25, -0.2) is 39.2 Å². The Morgan fingerprint density at radius 1 is 0.614 bits per heavy atom. The highest BCUT2D eigenvalue weighted by molar-refractivity contribution is 7.22. The lowest BCUT2D eigenvalue weighted by molar-refractivity contribution is 0.0176. The summed E-state index contributed by atoms with van der Waals surface area (Å²) in [6.45, 7) is 10.5. The molecule has 3 aliphatic carbocycles. The number of rotatable bonds is 21. The van der Waals surface area contributed by atoms with Crippen molar-refractivity contribution in [2.45, 2.75) is 143 Å².